The molecule has 20 heavy (non-hydrogen) atoms. The fourth-order valence-electron chi connectivity index (χ4n) is 1.81. The van der Waals surface area contributed by atoms with Crippen molar-refractivity contribution < 1.29 is 14.7 Å². The molecule has 0 saturated heterocycles. The van der Waals surface area contributed by atoms with Crippen LogP contribution in [0.1, 0.15) is 66.7 Å². The van der Waals surface area contributed by atoms with Gasteiger partial charge >= 0.3 is 5.97 Å². The van der Waals surface area contributed by atoms with Crippen LogP contribution in [0.25, 0.3) is 0 Å². The van der Waals surface area contributed by atoms with Gasteiger partial charge in [-0.1, -0.05) is 40.0 Å². The summed E-state index contributed by atoms with van der Waals surface area (Å²) in [7, 11) is 0. The van der Waals surface area contributed by atoms with Crippen LogP contribution in [0.4, 0.5) is 0 Å². The quantitative estimate of drug-likeness (QED) is 0.722. The van der Waals surface area contributed by atoms with Gasteiger partial charge in [0.25, 0.3) is 5.91 Å². The Morgan fingerprint density at radius 2 is 2.10 bits per heavy atom. The topological polar surface area (TPSA) is 79.3 Å². The van der Waals surface area contributed by atoms with Crippen molar-refractivity contribution >= 4 is 23.2 Å². The van der Waals surface area contributed by atoms with E-state index < -0.39 is 5.97 Å². The highest BCUT2D eigenvalue weighted by Crippen LogP contribution is 2.23. The zero-order valence-electron chi connectivity index (χ0n) is 12.2. The van der Waals surface area contributed by atoms with Crippen LogP contribution >= 0.6 is 11.3 Å². The van der Waals surface area contributed by atoms with Crippen molar-refractivity contribution in [2.75, 3.05) is 6.54 Å². The van der Waals surface area contributed by atoms with Crippen molar-refractivity contribution in [3.05, 3.63) is 16.1 Å². The van der Waals surface area contributed by atoms with Crippen LogP contribution in [-0.2, 0) is 0 Å². The van der Waals surface area contributed by atoms with E-state index in [1.165, 1.54) is 18.2 Å². The Balaban J connectivity index is 2.47. The number of aromatic carboxylic acids is 1. The average molecular weight is 298 g/mol. The van der Waals surface area contributed by atoms with Gasteiger partial charge in [0, 0.05) is 11.9 Å². The zero-order valence-corrected chi connectivity index (χ0v) is 13.0. The summed E-state index contributed by atoms with van der Waals surface area (Å²) in [5.74, 6) is -1.41. The maximum absolute atomic E-state index is 11.9. The molecule has 0 bridgehead atoms. The number of rotatable bonds is 8. The molecule has 1 aromatic rings. The van der Waals surface area contributed by atoms with Crippen LogP contribution in [0, 0.1) is 5.41 Å². The first-order valence-electron chi connectivity index (χ1n) is 6.83. The summed E-state index contributed by atoms with van der Waals surface area (Å²) in [5, 5.41) is 13.2. The van der Waals surface area contributed by atoms with Gasteiger partial charge in [-0.2, -0.15) is 0 Å². The van der Waals surface area contributed by atoms with E-state index in [2.05, 4.69) is 31.1 Å². The van der Waals surface area contributed by atoms with Gasteiger partial charge in [0.05, 0.1) is 0 Å². The summed E-state index contributed by atoms with van der Waals surface area (Å²) >= 11 is 1.05. The van der Waals surface area contributed by atoms with Gasteiger partial charge in [-0.15, -0.1) is 11.3 Å². The molecule has 1 heterocycles. The third-order valence-electron chi connectivity index (χ3n) is 3.10. The summed E-state index contributed by atoms with van der Waals surface area (Å²) < 4.78 is 0. The lowest BCUT2D eigenvalue weighted by Crippen LogP contribution is -2.34. The number of carboxylic acid groups (broad SMARTS) is 1. The summed E-state index contributed by atoms with van der Waals surface area (Å²) in [5.41, 5.74) is -0.0417. The van der Waals surface area contributed by atoms with E-state index in [9.17, 15) is 9.59 Å². The van der Waals surface area contributed by atoms with E-state index in [0.717, 1.165) is 24.2 Å². The number of hydrogen-bond donors (Lipinski definition) is 2. The molecule has 0 spiro atoms. The van der Waals surface area contributed by atoms with Gasteiger partial charge in [-0.25, -0.2) is 9.78 Å². The molecular formula is C14H22N2O3S. The lowest BCUT2D eigenvalue weighted by Gasteiger charge is -2.24. The molecular weight excluding hydrogens is 276 g/mol. The maximum Gasteiger partial charge on any atom is 0.355 e. The van der Waals surface area contributed by atoms with E-state index in [4.69, 9.17) is 5.11 Å². The molecule has 0 atom stereocenters. The first-order valence-corrected chi connectivity index (χ1v) is 7.70. The smallest absolute Gasteiger partial charge is 0.355 e. The number of carboxylic acids is 1. The Morgan fingerprint density at radius 1 is 1.40 bits per heavy atom. The Labute approximate surface area is 123 Å². The second kappa shape index (κ2) is 7.38. The SMILES string of the molecule is CCCCCC(C)(C)CNC(=O)c1nc(C(=O)O)cs1. The molecule has 0 aromatic carbocycles. The molecule has 0 unspecified atom stereocenters. The standard InChI is InChI=1S/C14H22N2O3S/c1-4-5-6-7-14(2,3)9-15-11(17)12-16-10(8-20-12)13(18)19/h8H,4-7,9H2,1-3H3,(H,15,17)(H,18,19). The molecule has 5 nitrogen and oxygen atoms in total. The molecule has 0 fully saturated rings. The van der Waals surface area contributed by atoms with Crippen LogP contribution in [0.3, 0.4) is 0 Å². The minimum atomic E-state index is -1.11. The minimum Gasteiger partial charge on any atom is -0.476 e. The predicted molar refractivity (Wildman–Crippen MR) is 79.3 cm³/mol. The van der Waals surface area contributed by atoms with Crippen LogP contribution in [0.2, 0.25) is 0 Å². The van der Waals surface area contributed by atoms with Crippen LogP contribution in [0.15, 0.2) is 5.38 Å². The molecule has 0 radical (unpaired) electrons. The summed E-state index contributed by atoms with van der Waals surface area (Å²) in [4.78, 5) is 26.4. The summed E-state index contributed by atoms with van der Waals surface area (Å²) in [6.45, 7) is 6.97. The van der Waals surface area contributed by atoms with Gasteiger partial charge in [-0.05, 0) is 11.8 Å². The van der Waals surface area contributed by atoms with Gasteiger partial charge in [-0.3, -0.25) is 4.79 Å². The fraction of sp³-hybridized carbons (Fsp3) is 0.643. The highest BCUT2D eigenvalue weighted by Gasteiger charge is 2.20. The number of unbranched alkanes of at least 4 members (excludes halogenated alkanes) is 2. The number of carbonyl (C=O) groups is 2. The van der Waals surface area contributed by atoms with Crippen LogP contribution < -0.4 is 5.32 Å². The first-order chi connectivity index (χ1) is 9.35. The molecule has 112 valence electrons. The predicted octanol–water partition coefficient (Wildman–Crippen LogP) is 3.18. The van der Waals surface area contributed by atoms with Gasteiger partial charge in [0.2, 0.25) is 0 Å². The van der Waals surface area contributed by atoms with Crippen molar-refractivity contribution in [1.82, 2.24) is 10.3 Å². The lowest BCUT2D eigenvalue weighted by molar-refractivity contribution is 0.0691. The molecule has 1 rings (SSSR count). The Morgan fingerprint density at radius 3 is 2.65 bits per heavy atom. The third-order valence-corrected chi connectivity index (χ3v) is 3.94. The number of thiazole rings is 1. The molecule has 0 aliphatic rings. The maximum atomic E-state index is 11.9. The molecule has 0 aliphatic heterocycles. The van der Waals surface area contributed by atoms with Crippen molar-refractivity contribution in [2.45, 2.75) is 46.5 Å². The molecule has 6 heteroatoms. The first kappa shape index (κ1) is 16.6. The van der Waals surface area contributed by atoms with Crippen molar-refractivity contribution in [3.63, 3.8) is 0 Å². The van der Waals surface area contributed by atoms with Crippen LogP contribution in [-0.4, -0.2) is 28.5 Å². The molecule has 1 amide bonds. The number of aromatic nitrogens is 1. The van der Waals surface area contributed by atoms with Crippen LogP contribution in [0.5, 0.6) is 0 Å². The van der Waals surface area contributed by atoms with Gasteiger partial charge in [0.1, 0.15) is 0 Å². The van der Waals surface area contributed by atoms with Crippen molar-refractivity contribution in [3.8, 4) is 0 Å². The molecule has 0 saturated carbocycles. The minimum absolute atomic E-state index is 0.0394. The van der Waals surface area contributed by atoms with Gasteiger partial charge in [0.15, 0.2) is 10.7 Å². The third kappa shape index (κ3) is 5.28. The Bertz CT molecular complexity index is 469. The number of carbonyl (C=O) groups excluding carboxylic acids is 1. The summed E-state index contributed by atoms with van der Waals surface area (Å²) in [6, 6.07) is 0. The van der Waals surface area contributed by atoms with E-state index in [0.29, 0.717) is 6.54 Å². The molecule has 2 N–H and O–H groups in total. The monoisotopic (exact) mass is 298 g/mol. The van der Waals surface area contributed by atoms with E-state index >= 15 is 0 Å². The number of nitrogens with zero attached hydrogens (tertiary/aromatic N) is 1. The second-order valence-corrected chi connectivity index (χ2v) is 6.51. The van der Waals surface area contributed by atoms with E-state index in [1.54, 1.807) is 0 Å². The molecule has 0 aliphatic carbocycles. The Hall–Kier alpha value is -1.43. The lowest BCUT2D eigenvalue weighted by atomic mass is 9.87. The fourth-order valence-corrected chi connectivity index (χ4v) is 2.52. The largest absolute Gasteiger partial charge is 0.476 e. The number of hydrogen-bond acceptors (Lipinski definition) is 4. The second-order valence-electron chi connectivity index (χ2n) is 5.65. The highest BCUT2D eigenvalue weighted by molar-refractivity contribution is 7.11. The van der Waals surface area contributed by atoms with Crippen molar-refractivity contribution in [2.24, 2.45) is 5.41 Å². The van der Waals surface area contributed by atoms with Crippen molar-refractivity contribution in [1.29, 1.82) is 0 Å². The summed E-state index contributed by atoms with van der Waals surface area (Å²) in [6.07, 6.45) is 4.59. The normalized spacial score (nSPS) is 11.3. The molecule has 1 aromatic heterocycles. The zero-order chi connectivity index (χ0) is 15.2. The Kier molecular flexibility index (Phi) is 6.13. The number of amides is 1. The average Bonchev–Trinajstić information content (AvgIpc) is 2.86. The van der Waals surface area contributed by atoms with Gasteiger partial charge < -0.3 is 10.4 Å². The van der Waals surface area contributed by atoms with E-state index in [1.807, 2.05) is 0 Å². The van der Waals surface area contributed by atoms with E-state index in [-0.39, 0.29) is 22.0 Å². The highest BCUT2D eigenvalue weighted by atomic mass is 32.1. The number of nitrogens with one attached hydrogen (secondary N) is 1.